The lowest BCUT2D eigenvalue weighted by Gasteiger charge is -2.40. The molecule has 1 aromatic carbocycles. The molecule has 0 aromatic heterocycles. The molecule has 1 aliphatic heterocycles. The summed E-state index contributed by atoms with van der Waals surface area (Å²) in [7, 11) is 0. The second kappa shape index (κ2) is 4.96. The third-order valence-corrected chi connectivity index (χ3v) is 3.54. The van der Waals surface area contributed by atoms with Gasteiger partial charge in [-0.05, 0) is 24.0 Å². The Labute approximate surface area is 105 Å². The Balaban J connectivity index is 2.20. The van der Waals surface area contributed by atoms with Crippen LogP contribution in [0, 0.1) is 0 Å². The Morgan fingerprint density at radius 3 is 2.50 bits per heavy atom. The Kier molecular flexibility index (Phi) is 3.54. The molecule has 1 fully saturated rings. The van der Waals surface area contributed by atoms with Crippen LogP contribution in [0.4, 0.5) is 4.79 Å². The minimum absolute atomic E-state index is 0.136. The number of amides is 1. The van der Waals surface area contributed by atoms with Crippen molar-refractivity contribution in [3.63, 3.8) is 0 Å². The number of rotatable bonds is 2. The van der Waals surface area contributed by atoms with Gasteiger partial charge in [0.15, 0.2) is 0 Å². The van der Waals surface area contributed by atoms with Gasteiger partial charge in [-0.25, -0.2) is 0 Å². The predicted molar refractivity (Wildman–Crippen MR) is 62.5 cm³/mol. The summed E-state index contributed by atoms with van der Waals surface area (Å²) in [5.41, 5.74) is 0.304. The molecule has 0 unspecified atom stereocenters. The van der Waals surface area contributed by atoms with Crippen LogP contribution in [0.5, 0.6) is 0 Å². The number of aliphatic hydroxyl groups excluding tert-OH is 1. The molecule has 2 rings (SSSR count). The van der Waals surface area contributed by atoms with E-state index in [4.69, 9.17) is 0 Å². The van der Waals surface area contributed by atoms with Crippen LogP contribution in [0.3, 0.4) is 0 Å². The normalized spacial score (nSPS) is 18.7. The molecule has 0 spiro atoms. The largest absolute Gasteiger partial charge is 0.530 e. The molecule has 1 amide bonds. The van der Waals surface area contributed by atoms with Crippen molar-refractivity contribution in [1.29, 1.82) is 0 Å². The van der Waals surface area contributed by atoms with Crippen molar-refractivity contribution >= 4 is 6.09 Å². The van der Waals surface area contributed by atoms with Crippen molar-refractivity contribution in [2.24, 2.45) is 0 Å². The van der Waals surface area contributed by atoms with E-state index in [0.717, 1.165) is 0 Å². The summed E-state index contributed by atoms with van der Waals surface area (Å²) in [6.45, 7) is 0.361. The average molecular weight is 250 g/mol. The molecule has 98 valence electrons. The Hall–Kier alpha value is -1.59. The van der Waals surface area contributed by atoms with Crippen molar-refractivity contribution in [3.05, 3.63) is 35.4 Å². The van der Waals surface area contributed by atoms with Crippen LogP contribution < -0.4 is 5.11 Å². The number of hydrogen-bond acceptors (Lipinski definition) is 4. The average Bonchev–Trinajstić information content (AvgIpc) is 2.39. The molecule has 0 bridgehead atoms. The molecule has 1 aliphatic rings. The first-order valence-electron chi connectivity index (χ1n) is 5.94. The molecule has 18 heavy (non-hydrogen) atoms. The standard InChI is InChI=1S/C13H17NO4/c15-9-10-3-1-2-4-11(10)13(18)5-7-14(8-6-13)12(16)17/h1-4,15,18H,5-9H2,(H,16,17)/p-1. The zero-order chi connectivity index (χ0) is 13.2. The van der Waals surface area contributed by atoms with Gasteiger partial charge < -0.3 is 25.0 Å². The lowest BCUT2D eigenvalue weighted by Crippen LogP contribution is -2.49. The summed E-state index contributed by atoms with van der Waals surface area (Å²) < 4.78 is 0. The first-order valence-corrected chi connectivity index (χ1v) is 5.94. The zero-order valence-electron chi connectivity index (χ0n) is 10.0. The molecular formula is C13H16NO4-. The summed E-state index contributed by atoms with van der Waals surface area (Å²) in [5, 5.41) is 30.6. The molecule has 0 saturated carbocycles. The Morgan fingerprint density at radius 1 is 1.33 bits per heavy atom. The number of benzene rings is 1. The van der Waals surface area contributed by atoms with Crippen LogP contribution in [0.15, 0.2) is 24.3 Å². The number of likely N-dealkylation sites (tertiary alicyclic amines) is 1. The maximum atomic E-state index is 10.7. The van der Waals surface area contributed by atoms with Gasteiger partial charge in [0.1, 0.15) is 6.09 Å². The van der Waals surface area contributed by atoms with E-state index in [9.17, 15) is 20.1 Å². The van der Waals surface area contributed by atoms with Crippen LogP contribution in [-0.4, -0.2) is 34.3 Å². The summed E-state index contributed by atoms with van der Waals surface area (Å²) in [6.07, 6.45) is -0.566. The maximum Gasteiger partial charge on any atom is 0.136 e. The van der Waals surface area contributed by atoms with Crippen molar-refractivity contribution in [1.82, 2.24) is 4.90 Å². The zero-order valence-corrected chi connectivity index (χ0v) is 10.0. The summed E-state index contributed by atoms with van der Waals surface area (Å²) in [6, 6.07) is 7.14. The quantitative estimate of drug-likeness (QED) is 0.761. The highest BCUT2D eigenvalue weighted by atomic mass is 16.4. The third kappa shape index (κ3) is 2.32. The van der Waals surface area contributed by atoms with E-state index in [1.54, 1.807) is 24.3 Å². The number of carbonyl (C=O) groups excluding carboxylic acids is 1. The molecule has 1 saturated heterocycles. The number of carbonyl (C=O) groups is 1. The number of nitrogens with zero attached hydrogens (tertiary/aromatic N) is 1. The fourth-order valence-electron chi connectivity index (χ4n) is 2.44. The molecule has 5 heteroatoms. The summed E-state index contributed by atoms with van der Waals surface area (Å²) >= 11 is 0. The molecular weight excluding hydrogens is 234 g/mol. The van der Waals surface area contributed by atoms with E-state index >= 15 is 0 Å². The molecule has 0 aliphatic carbocycles. The van der Waals surface area contributed by atoms with Gasteiger partial charge in [0.25, 0.3) is 0 Å². The maximum absolute atomic E-state index is 10.7. The van der Waals surface area contributed by atoms with Gasteiger partial charge in [0.2, 0.25) is 0 Å². The molecule has 0 atom stereocenters. The van der Waals surface area contributed by atoms with Crippen molar-refractivity contribution in [2.75, 3.05) is 13.1 Å². The Morgan fingerprint density at radius 2 is 1.94 bits per heavy atom. The van der Waals surface area contributed by atoms with E-state index in [1.165, 1.54) is 4.90 Å². The van der Waals surface area contributed by atoms with Crippen molar-refractivity contribution in [2.45, 2.75) is 25.0 Å². The van der Waals surface area contributed by atoms with Gasteiger partial charge in [0.05, 0.1) is 12.2 Å². The second-order valence-corrected chi connectivity index (χ2v) is 4.60. The third-order valence-electron chi connectivity index (χ3n) is 3.54. The molecule has 2 N–H and O–H groups in total. The van der Waals surface area contributed by atoms with E-state index < -0.39 is 11.7 Å². The Bertz CT molecular complexity index is 438. The van der Waals surface area contributed by atoms with Gasteiger partial charge in [-0.15, -0.1) is 0 Å². The van der Waals surface area contributed by atoms with Gasteiger partial charge >= 0.3 is 0 Å². The van der Waals surface area contributed by atoms with Crippen LogP contribution in [0.1, 0.15) is 24.0 Å². The lowest BCUT2D eigenvalue weighted by molar-refractivity contribution is -0.268. The van der Waals surface area contributed by atoms with E-state index in [0.29, 0.717) is 24.0 Å². The monoisotopic (exact) mass is 250 g/mol. The summed E-state index contributed by atoms with van der Waals surface area (Å²) in [4.78, 5) is 11.9. The van der Waals surface area contributed by atoms with Crippen molar-refractivity contribution < 1.29 is 20.1 Å². The lowest BCUT2D eigenvalue weighted by atomic mass is 9.82. The van der Waals surface area contributed by atoms with Crippen molar-refractivity contribution in [3.8, 4) is 0 Å². The van der Waals surface area contributed by atoms with Gasteiger partial charge in [0, 0.05) is 13.1 Å². The minimum Gasteiger partial charge on any atom is -0.530 e. The number of piperidine rings is 1. The summed E-state index contributed by atoms with van der Waals surface area (Å²) in [5.74, 6) is 0. The van der Waals surface area contributed by atoms with Crippen LogP contribution in [0.25, 0.3) is 0 Å². The highest BCUT2D eigenvalue weighted by molar-refractivity contribution is 5.62. The van der Waals surface area contributed by atoms with E-state index in [2.05, 4.69) is 0 Å². The number of hydrogen-bond donors (Lipinski definition) is 2. The van der Waals surface area contributed by atoms with E-state index in [1.807, 2.05) is 0 Å². The first kappa shape index (κ1) is 12.9. The van der Waals surface area contributed by atoms with E-state index in [-0.39, 0.29) is 19.7 Å². The number of carboxylic acid groups (broad SMARTS) is 1. The van der Waals surface area contributed by atoms with Crippen LogP contribution >= 0.6 is 0 Å². The highest BCUT2D eigenvalue weighted by Crippen LogP contribution is 2.34. The second-order valence-electron chi connectivity index (χ2n) is 4.60. The fourth-order valence-corrected chi connectivity index (χ4v) is 2.44. The van der Waals surface area contributed by atoms with Crippen LogP contribution in [-0.2, 0) is 12.2 Å². The molecule has 0 radical (unpaired) electrons. The minimum atomic E-state index is -1.20. The smallest absolute Gasteiger partial charge is 0.136 e. The van der Waals surface area contributed by atoms with Gasteiger partial charge in [-0.3, -0.25) is 0 Å². The highest BCUT2D eigenvalue weighted by Gasteiger charge is 2.35. The van der Waals surface area contributed by atoms with Crippen LogP contribution in [0.2, 0.25) is 0 Å². The topological polar surface area (TPSA) is 83.8 Å². The molecule has 1 heterocycles. The first-order chi connectivity index (χ1) is 8.57. The fraction of sp³-hybridized carbons (Fsp3) is 0.462. The molecule has 5 nitrogen and oxygen atoms in total. The van der Waals surface area contributed by atoms with Gasteiger partial charge in [-0.1, -0.05) is 24.3 Å². The SMILES string of the molecule is O=C([O-])N1CCC(O)(c2ccccc2CO)CC1. The van der Waals surface area contributed by atoms with Gasteiger partial charge in [-0.2, -0.15) is 0 Å². The number of aliphatic hydroxyl groups is 2. The predicted octanol–water partition coefficient (Wildman–Crippen LogP) is -0.194. The molecule has 1 aromatic rings.